The van der Waals surface area contributed by atoms with Crippen molar-refractivity contribution in [1.29, 1.82) is 0 Å². The summed E-state index contributed by atoms with van der Waals surface area (Å²) in [5.74, 6) is 3.50. The first kappa shape index (κ1) is 47.1. The smallest absolute Gasteiger partial charge is 0.413 e. The molecule has 0 saturated heterocycles. The molecule has 1 saturated carbocycles. The standard InChI is InChI=1S/C21H40O2Si2.C20H33F3O3S/c1-13-17-14-18(22-24(9,10)20(3,4)5)15-19(16(17)2)23-25(11,12)21(6,7)8;1-14(8-6-12-18(2,3)4)15-10-11-16-17(9-7-13-19(15,16)5)26-27(24,25)20(21,22)23/h1,18-19H,14-15H2,2-12H3;9,14-16H,6-8,10-13H2,1-5H3/t;14?,15-,16?,19-/m.1/s1. The quantitative estimate of drug-likeness (QED) is 0.0954. The zero-order chi connectivity index (χ0) is 40.5. The van der Waals surface area contributed by atoms with E-state index in [1.165, 1.54) is 5.57 Å². The number of hydrogen-bond acceptors (Lipinski definition) is 5. The van der Waals surface area contributed by atoms with E-state index in [4.69, 9.17) is 15.3 Å². The van der Waals surface area contributed by atoms with Gasteiger partial charge in [0.1, 0.15) is 5.76 Å². The van der Waals surface area contributed by atoms with Crippen molar-refractivity contribution in [3.63, 3.8) is 0 Å². The molecule has 3 aliphatic rings. The molecule has 3 rings (SSSR count). The van der Waals surface area contributed by atoms with E-state index in [-0.39, 0.29) is 39.4 Å². The summed E-state index contributed by atoms with van der Waals surface area (Å²) in [4.78, 5) is 0. The summed E-state index contributed by atoms with van der Waals surface area (Å²) in [6.45, 7) is 36.1. The van der Waals surface area contributed by atoms with E-state index in [1.54, 1.807) is 6.08 Å². The van der Waals surface area contributed by atoms with Crippen LogP contribution in [0.4, 0.5) is 13.2 Å². The van der Waals surface area contributed by atoms with Gasteiger partial charge in [0.2, 0.25) is 0 Å². The van der Waals surface area contributed by atoms with Gasteiger partial charge in [-0.2, -0.15) is 21.6 Å². The second-order valence-electron chi connectivity index (χ2n) is 20.4. The Bertz CT molecular complexity index is 1440. The van der Waals surface area contributed by atoms with Gasteiger partial charge in [-0.3, -0.25) is 0 Å². The van der Waals surface area contributed by atoms with E-state index >= 15 is 0 Å². The van der Waals surface area contributed by atoms with Crippen LogP contribution in [0, 0.1) is 40.9 Å². The van der Waals surface area contributed by atoms with Crippen LogP contribution in [0.15, 0.2) is 23.0 Å². The van der Waals surface area contributed by atoms with Crippen LogP contribution in [0.1, 0.15) is 141 Å². The van der Waals surface area contributed by atoms with E-state index in [0.717, 1.165) is 50.5 Å². The van der Waals surface area contributed by atoms with Gasteiger partial charge < -0.3 is 13.0 Å². The Morgan fingerprint density at radius 3 is 1.98 bits per heavy atom. The van der Waals surface area contributed by atoms with E-state index in [0.29, 0.717) is 30.1 Å². The van der Waals surface area contributed by atoms with Crippen molar-refractivity contribution in [3.05, 3.63) is 23.0 Å². The first-order chi connectivity index (χ1) is 23.2. The monoisotopic (exact) mass is 790 g/mol. The lowest BCUT2D eigenvalue weighted by Crippen LogP contribution is -2.49. The van der Waals surface area contributed by atoms with Crippen LogP contribution >= 0.6 is 0 Å². The lowest BCUT2D eigenvalue weighted by atomic mass is 9.63. The molecule has 0 bridgehead atoms. The van der Waals surface area contributed by atoms with Crippen LogP contribution in [0.2, 0.25) is 36.3 Å². The molecule has 6 atom stereocenters. The van der Waals surface area contributed by atoms with Gasteiger partial charge in [-0.15, -0.1) is 6.42 Å². The SMILES string of the molecule is C#CC1=C(C)C(O[Si](C)(C)C(C)(C)C)CC(O[Si](C)(C)C(C)(C)C)C1.CC(CCCC(C)(C)C)[C@H]1CCC2C(OS(=O)(=O)C(F)(F)F)=CCC[C@@]21C. The van der Waals surface area contributed by atoms with E-state index < -0.39 is 32.3 Å². The molecule has 11 heteroatoms. The Hall–Kier alpha value is -1.07. The molecule has 0 aliphatic heterocycles. The molecule has 0 spiro atoms. The summed E-state index contributed by atoms with van der Waals surface area (Å²) >= 11 is 0. The Balaban J connectivity index is 0.000000361. The third-order valence-corrected chi connectivity index (χ3v) is 23.1. The first-order valence-corrected chi connectivity index (χ1v) is 26.6. The second kappa shape index (κ2) is 16.6. The molecular formula is C41H73F3O5SSi2. The summed E-state index contributed by atoms with van der Waals surface area (Å²) in [5, 5.41) is 0.395. The Labute approximate surface area is 319 Å². The van der Waals surface area contributed by atoms with Crippen LogP contribution in [0.25, 0.3) is 0 Å². The summed E-state index contributed by atoms with van der Waals surface area (Å²) in [7, 11) is -9.26. The van der Waals surface area contributed by atoms with E-state index in [9.17, 15) is 21.6 Å². The summed E-state index contributed by atoms with van der Waals surface area (Å²) in [5.41, 5.74) is -2.98. The van der Waals surface area contributed by atoms with Gasteiger partial charge in [-0.1, -0.05) is 94.9 Å². The third-order valence-electron chi connectivity index (χ3n) is 13.1. The molecule has 0 radical (unpaired) electrons. The van der Waals surface area contributed by atoms with E-state index in [2.05, 4.69) is 119 Å². The van der Waals surface area contributed by atoms with Crippen molar-refractivity contribution in [1.82, 2.24) is 0 Å². The molecule has 3 aliphatic carbocycles. The van der Waals surface area contributed by atoms with Crippen molar-refractivity contribution in [3.8, 4) is 12.3 Å². The molecule has 0 aromatic rings. The van der Waals surface area contributed by atoms with Gasteiger partial charge >= 0.3 is 15.6 Å². The highest BCUT2D eigenvalue weighted by atomic mass is 32.2. The molecular weight excluding hydrogens is 718 g/mol. The fraction of sp³-hybridized carbons (Fsp3) is 0.854. The fourth-order valence-corrected chi connectivity index (χ4v) is 11.0. The summed E-state index contributed by atoms with van der Waals surface area (Å²) in [6.07, 6.45) is 15.8. The minimum atomic E-state index is -5.60. The van der Waals surface area contributed by atoms with Crippen molar-refractivity contribution in [2.24, 2.45) is 28.6 Å². The zero-order valence-electron chi connectivity index (χ0n) is 35.5. The lowest BCUT2D eigenvalue weighted by Gasteiger charge is -2.44. The van der Waals surface area contributed by atoms with Gasteiger partial charge in [-0.25, -0.2) is 0 Å². The van der Waals surface area contributed by atoms with E-state index in [1.807, 2.05) is 0 Å². The number of alkyl halides is 3. The number of fused-ring (bicyclic) bond motifs is 1. The van der Waals surface area contributed by atoms with Gasteiger partial charge in [0.15, 0.2) is 16.6 Å². The number of allylic oxidation sites excluding steroid dienone is 2. The Morgan fingerprint density at radius 2 is 1.50 bits per heavy atom. The molecule has 1 fully saturated rings. The average Bonchev–Trinajstić information content (AvgIpc) is 3.30. The molecule has 52 heavy (non-hydrogen) atoms. The molecule has 0 N–H and O–H groups in total. The first-order valence-electron chi connectivity index (χ1n) is 19.4. The van der Waals surface area contributed by atoms with Crippen LogP contribution in [-0.4, -0.2) is 42.8 Å². The third kappa shape index (κ3) is 11.7. The highest BCUT2D eigenvalue weighted by molar-refractivity contribution is 7.87. The van der Waals surface area contributed by atoms with Crippen LogP contribution < -0.4 is 0 Å². The molecule has 0 aromatic carbocycles. The largest absolute Gasteiger partial charge is 0.534 e. The highest BCUT2D eigenvalue weighted by Gasteiger charge is 2.55. The number of rotatable bonds is 10. The van der Waals surface area contributed by atoms with Crippen LogP contribution in [0.3, 0.4) is 0 Å². The van der Waals surface area contributed by atoms with Crippen LogP contribution in [0.5, 0.6) is 0 Å². The summed E-state index contributed by atoms with van der Waals surface area (Å²) < 4.78 is 79.2. The number of terminal acetylenes is 1. The Morgan fingerprint density at radius 1 is 0.962 bits per heavy atom. The zero-order valence-corrected chi connectivity index (χ0v) is 38.3. The van der Waals surface area contributed by atoms with Crippen molar-refractivity contribution in [2.45, 2.75) is 195 Å². The van der Waals surface area contributed by atoms with Crippen molar-refractivity contribution in [2.75, 3.05) is 0 Å². The fourth-order valence-electron chi connectivity index (χ4n) is 7.72. The van der Waals surface area contributed by atoms with Crippen LogP contribution in [-0.2, 0) is 23.2 Å². The van der Waals surface area contributed by atoms with Crippen molar-refractivity contribution >= 4 is 26.8 Å². The molecule has 0 amide bonds. The molecule has 5 nitrogen and oxygen atoms in total. The topological polar surface area (TPSA) is 61.8 Å². The predicted molar refractivity (Wildman–Crippen MR) is 215 cm³/mol. The van der Waals surface area contributed by atoms with Gasteiger partial charge in [0.05, 0.1) is 12.2 Å². The van der Waals surface area contributed by atoms with Gasteiger partial charge in [-0.05, 0) is 110 Å². The van der Waals surface area contributed by atoms with Gasteiger partial charge in [0.25, 0.3) is 0 Å². The second-order valence-corrected chi connectivity index (χ2v) is 31.5. The lowest BCUT2D eigenvalue weighted by molar-refractivity contribution is -0.0536. The maximum atomic E-state index is 12.7. The molecule has 302 valence electrons. The predicted octanol–water partition coefficient (Wildman–Crippen LogP) is 12.9. The maximum Gasteiger partial charge on any atom is 0.534 e. The maximum absolute atomic E-state index is 12.7. The molecule has 4 unspecified atom stereocenters. The minimum absolute atomic E-state index is 0.00506. The number of halogens is 3. The minimum Gasteiger partial charge on any atom is -0.413 e. The summed E-state index contributed by atoms with van der Waals surface area (Å²) in [6, 6.07) is 0. The highest BCUT2D eigenvalue weighted by Crippen LogP contribution is 2.59. The normalized spacial score (nSPS) is 27.2. The molecule has 0 heterocycles. The molecule has 0 aromatic heterocycles. The average molecular weight is 791 g/mol. The van der Waals surface area contributed by atoms with Gasteiger partial charge in [0, 0.05) is 24.3 Å². The Kier molecular flexibility index (Phi) is 15.0. The van der Waals surface area contributed by atoms with Crippen molar-refractivity contribution < 1.29 is 34.6 Å². The number of hydrogen-bond donors (Lipinski definition) is 0.